The van der Waals surface area contributed by atoms with Gasteiger partial charge in [-0.25, -0.2) is 0 Å². The van der Waals surface area contributed by atoms with Gasteiger partial charge in [0.1, 0.15) is 0 Å². The predicted molar refractivity (Wildman–Crippen MR) is 82.2 cm³/mol. The van der Waals surface area contributed by atoms with Crippen LogP contribution in [0.1, 0.15) is 44.6 Å². The number of carbonyl (C=O) groups excluding carboxylic acids is 2. The third-order valence-corrected chi connectivity index (χ3v) is 5.01. The van der Waals surface area contributed by atoms with Gasteiger partial charge < -0.3 is 0 Å². The van der Waals surface area contributed by atoms with Crippen molar-refractivity contribution in [2.45, 2.75) is 39.0 Å². The van der Waals surface area contributed by atoms with Crippen molar-refractivity contribution in [2.75, 3.05) is 0 Å². The van der Waals surface area contributed by atoms with E-state index < -0.39 is 0 Å². The van der Waals surface area contributed by atoms with Gasteiger partial charge in [-0.2, -0.15) is 0 Å². The molecule has 3 nitrogen and oxygen atoms in total. The smallest absolute Gasteiger partial charge is 0.234 e. The first-order valence-corrected chi connectivity index (χ1v) is 7.95. The molecule has 0 aliphatic carbocycles. The molecule has 1 saturated heterocycles. The van der Waals surface area contributed by atoms with Crippen LogP contribution >= 0.6 is 15.9 Å². The van der Waals surface area contributed by atoms with Crippen molar-refractivity contribution in [1.29, 1.82) is 0 Å². The minimum Gasteiger partial charge on any atom is -0.296 e. The first-order chi connectivity index (χ1) is 9.58. The van der Waals surface area contributed by atoms with E-state index in [1.165, 1.54) is 0 Å². The second kappa shape index (κ2) is 6.53. The largest absolute Gasteiger partial charge is 0.296 e. The summed E-state index contributed by atoms with van der Waals surface area (Å²) in [6.45, 7) is 4.25. The van der Waals surface area contributed by atoms with Crippen LogP contribution in [0.4, 0.5) is 0 Å². The first kappa shape index (κ1) is 15.2. The van der Waals surface area contributed by atoms with Gasteiger partial charge >= 0.3 is 0 Å². The monoisotopic (exact) mass is 337 g/mol. The molecule has 1 aliphatic rings. The van der Waals surface area contributed by atoms with Crippen LogP contribution in [0.25, 0.3) is 0 Å². The summed E-state index contributed by atoms with van der Waals surface area (Å²) >= 11 is 3.53. The lowest BCUT2D eigenvalue weighted by Crippen LogP contribution is -2.46. The van der Waals surface area contributed by atoms with Crippen LogP contribution in [-0.4, -0.2) is 11.8 Å². The topological polar surface area (TPSA) is 46.2 Å². The van der Waals surface area contributed by atoms with E-state index in [0.717, 1.165) is 22.9 Å². The number of hydrogen-bond acceptors (Lipinski definition) is 2. The summed E-state index contributed by atoms with van der Waals surface area (Å²) in [6.07, 6.45) is 2.41. The van der Waals surface area contributed by atoms with Gasteiger partial charge in [0.25, 0.3) is 0 Å². The van der Waals surface area contributed by atoms with Crippen LogP contribution in [0.5, 0.6) is 0 Å². The number of imide groups is 1. The Morgan fingerprint density at radius 3 is 2.50 bits per heavy atom. The van der Waals surface area contributed by atoms with Crippen molar-refractivity contribution >= 4 is 27.7 Å². The number of amides is 2. The van der Waals surface area contributed by atoms with E-state index in [-0.39, 0.29) is 23.7 Å². The zero-order valence-electron chi connectivity index (χ0n) is 11.9. The van der Waals surface area contributed by atoms with Crippen LogP contribution < -0.4 is 5.32 Å². The molecule has 2 atom stereocenters. The van der Waals surface area contributed by atoms with E-state index in [1.54, 1.807) is 0 Å². The predicted octanol–water partition coefficient (Wildman–Crippen LogP) is 3.63. The minimum atomic E-state index is -0.242. The highest BCUT2D eigenvalue weighted by atomic mass is 79.9. The molecule has 2 amide bonds. The molecule has 2 unspecified atom stereocenters. The fourth-order valence-electron chi connectivity index (χ4n) is 3.22. The Morgan fingerprint density at radius 2 is 1.90 bits per heavy atom. The van der Waals surface area contributed by atoms with Gasteiger partial charge in [-0.1, -0.05) is 60.8 Å². The Labute approximate surface area is 128 Å². The molecule has 0 saturated carbocycles. The number of hydrogen-bond donors (Lipinski definition) is 1. The summed E-state index contributed by atoms with van der Waals surface area (Å²) in [7, 11) is 0. The van der Waals surface area contributed by atoms with Gasteiger partial charge in [0.05, 0.1) is 5.92 Å². The number of rotatable bonds is 4. The molecule has 1 aliphatic heterocycles. The van der Waals surface area contributed by atoms with Gasteiger partial charge in [0.2, 0.25) is 11.8 Å². The van der Waals surface area contributed by atoms with Crippen molar-refractivity contribution in [3.63, 3.8) is 0 Å². The molecular formula is C16H20BrNO2. The Hall–Kier alpha value is -1.16. The quantitative estimate of drug-likeness (QED) is 0.852. The molecule has 20 heavy (non-hydrogen) atoms. The van der Waals surface area contributed by atoms with Gasteiger partial charge in [-0.3, -0.25) is 14.9 Å². The average molecular weight is 338 g/mol. The van der Waals surface area contributed by atoms with Gasteiger partial charge in [0, 0.05) is 10.9 Å². The molecule has 0 aromatic heterocycles. The lowest BCUT2D eigenvalue weighted by molar-refractivity contribution is -0.137. The van der Waals surface area contributed by atoms with E-state index in [1.807, 2.05) is 24.3 Å². The Morgan fingerprint density at radius 1 is 1.25 bits per heavy atom. The Balaban J connectivity index is 2.42. The third kappa shape index (κ3) is 2.95. The van der Waals surface area contributed by atoms with E-state index in [4.69, 9.17) is 0 Å². The standard InChI is InChI=1S/C16H20BrNO2/c1-3-10(4-2)12-9-14(19)18-16(20)15(12)11-7-5-6-8-13(11)17/h5-8,10,12,15H,3-4,9H2,1-2H3,(H,18,19,20). The van der Waals surface area contributed by atoms with E-state index in [0.29, 0.717) is 12.3 Å². The first-order valence-electron chi connectivity index (χ1n) is 7.16. The van der Waals surface area contributed by atoms with E-state index >= 15 is 0 Å². The summed E-state index contributed by atoms with van der Waals surface area (Å²) in [6, 6.07) is 7.79. The summed E-state index contributed by atoms with van der Waals surface area (Å²) in [4.78, 5) is 24.1. The van der Waals surface area contributed by atoms with Crippen LogP contribution in [0, 0.1) is 11.8 Å². The number of piperidine rings is 1. The van der Waals surface area contributed by atoms with Crippen LogP contribution in [0.3, 0.4) is 0 Å². The second-order valence-electron chi connectivity index (χ2n) is 5.36. The molecule has 108 valence electrons. The lowest BCUT2D eigenvalue weighted by atomic mass is 9.71. The fourth-order valence-corrected chi connectivity index (χ4v) is 3.76. The zero-order chi connectivity index (χ0) is 14.7. The Kier molecular flexibility index (Phi) is 4.97. The Bertz CT molecular complexity index is 511. The van der Waals surface area contributed by atoms with Gasteiger partial charge in [-0.15, -0.1) is 0 Å². The van der Waals surface area contributed by atoms with Gasteiger partial charge in [0.15, 0.2) is 0 Å². The fraction of sp³-hybridized carbons (Fsp3) is 0.500. The summed E-state index contributed by atoms with van der Waals surface area (Å²) in [5.41, 5.74) is 0.981. The SMILES string of the molecule is CCC(CC)C1CC(=O)NC(=O)C1c1ccccc1Br. The highest BCUT2D eigenvalue weighted by Crippen LogP contribution is 2.40. The van der Waals surface area contributed by atoms with Crippen molar-refractivity contribution in [3.8, 4) is 0 Å². The molecular weight excluding hydrogens is 318 g/mol. The van der Waals surface area contributed by atoms with Crippen molar-refractivity contribution in [1.82, 2.24) is 5.32 Å². The second-order valence-corrected chi connectivity index (χ2v) is 6.21. The third-order valence-electron chi connectivity index (χ3n) is 4.29. The maximum absolute atomic E-state index is 12.4. The van der Waals surface area contributed by atoms with Gasteiger partial charge in [-0.05, 0) is 23.5 Å². The maximum Gasteiger partial charge on any atom is 0.234 e. The highest BCUT2D eigenvalue weighted by molar-refractivity contribution is 9.10. The van der Waals surface area contributed by atoms with E-state index in [9.17, 15) is 9.59 Å². The number of nitrogens with one attached hydrogen (secondary N) is 1. The van der Waals surface area contributed by atoms with Crippen molar-refractivity contribution in [3.05, 3.63) is 34.3 Å². The molecule has 1 heterocycles. The number of halogens is 1. The molecule has 1 N–H and O–H groups in total. The summed E-state index contributed by atoms with van der Waals surface area (Å²) < 4.78 is 0.936. The molecule has 1 fully saturated rings. The number of benzene rings is 1. The normalized spacial score (nSPS) is 23.0. The van der Waals surface area contributed by atoms with E-state index in [2.05, 4.69) is 35.1 Å². The molecule has 0 spiro atoms. The highest BCUT2D eigenvalue weighted by Gasteiger charge is 2.40. The molecule has 0 bridgehead atoms. The molecule has 0 radical (unpaired) electrons. The summed E-state index contributed by atoms with van der Waals surface area (Å²) in [5.74, 6) is -0.0690. The van der Waals surface area contributed by atoms with Crippen molar-refractivity contribution in [2.24, 2.45) is 11.8 Å². The number of carbonyl (C=O) groups is 2. The lowest BCUT2D eigenvalue weighted by Gasteiger charge is -2.35. The van der Waals surface area contributed by atoms with Crippen LogP contribution in [-0.2, 0) is 9.59 Å². The zero-order valence-corrected chi connectivity index (χ0v) is 13.4. The molecule has 2 rings (SSSR count). The maximum atomic E-state index is 12.4. The van der Waals surface area contributed by atoms with Crippen molar-refractivity contribution < 1.29 is 9.59 Å². The molecule has 1 aromatic rings. The molecule has 1 aromatic carbocycles. The molecule has 4 heteroatoms. The van der Waals surface area contributed by atoms with Crippen LogP contribution in [0.15, 0.2) is 28.7 Å². The summed E-state index contributed by atoms with van der Waals surface area (Å²) in [5, 5.41) is 2.49. The average Bonchev–Trinajstić information content (AvgIpc) is 2.41. The van der Waals surface area contributed by atoms with Crippen LogP contribution in [0.2, 0.25) is 0 Å². The minimum absolute atomic E-state index is 0.0879.